The maximum atomic E-state index is 13.2. The first-order valence-corrected chi connectivity index (χ1v) is 8.38. The van der Waals surface area contributed by atoms with Crippen LogP contribution in [0, 0.1) is 5.82 Å². The highest BCUT2D eigenvalue weighted by molar-refractivity contribution is 5.77. The molecule has 132 valence electrons. The number of benzene rings is 1. The summed E-state index contributed by atoms with van der Waals surface area (Å²) in [6.07, 6.45) is 0.441. The van der Waals surface area contributed by atoms with Crippen LogP contribution < -0.4 is 0 Å². The van der Waals surface area contributed by atoms with Crippen molar-refractivity contribution in [3.63, 3.8) is 0 Å². The Bertz CT molecular complexity index is 780. The number of hydrogen-bond donors (Lipinski definition) is 0. The summed E-state index contributed by atoms with van der Waals surface area (Å²) in [5.74, 6) is 0.836. The van der Waals surface area contributed by atoms with Crippen molar-refractivity contribution in [1.29, 1.82) is 0 Å². The number of amides is 2. The minimum absolute atomic E-state index is 0.111. The topological polar surface area (TPSA) is 65.7 Å². The zero-order chi connectivity index (χ0) is 17.4. The smallest absolute Gasteiger partial charge is 0.320 e. The van der Waals surface area contributed by atoms with E-state index in [2.05, 4.69) is 15.0 Å². The van der Waals surface area contributed by atoms with Crippen LogP contribution in [0.5, 0.6) is 0 Å². The third kappa shape index (κ3) is 3.34. The van der Waals surface area contributed by atoms with E-state index in [9.17, 15) is 9.18 Å². The quantitative estimate of drug-likeness (QED) is 0.837. The van der Waals surface area contributed by atoms with Gasteiger partial charge in [-0.3, -0.25) is 4.90 Å². The monoisotopic (exact) mass is 345 g/mol. The number of carbonyl (C=O) groups excluding carboxylic acids is 1. The van der Waals surface area contributed by atoms with Crippen molar-refractivity contribution < 1.29 is 13.7 Å². The molecule has 2 aromatic rings. The lowest BCUT2D eigenvalue weighted by molar-refractivity contribution is 0.107. The molecule has 1 aromatic heterocycles. The summed E-state index contributed by atoms with van der Waals surface area (Å²) in [6, 6.07) is 6.73. The van der Waals surface area contributed by atoms with E-state index in [-0.39, 0.29) is 17.9 Å². The number of likely N-dealkylation sites (N-methyl/N-ethyl adjacent to an activating group) is 1. The summed E-state index contributed by atoms with van der Waals surface area (Å²) in [7, 11) is 1.84. The summed E-state index contributed by atoms with van der Waals surface area (Å²) < 4.78 is 18.6. The summed E-state index contributed by atoms with van der Waals surface area (Å²) in [4.78, 5) is 22.3. The Morgan fingerprint density at radius 2 is 2.20 bits per heavy atom. The Labute approximate surface area is 145 Å². The molecule has 2 aliphatic rings. The summed E-state index contributed by atoms with van der Waals surface area (Å²) in [5, 5.41) is 3.99. The minimum Gasteiger partial charge on any atom is -0.338 e. The molecule has 0 bridgehead atoms. The molecule has 8 heteroatoms. The number of piperazine rings is 1. The molecule has 4 rings (SSSR count). The molecule has 2 fully saturated rings. The fraction of sp³-hybridized carbons (Fsp3) is 0.471. The highest BCUT2D eigenvalue weighted by atomic mass is 19.1. The van der Waals surface area contributed by atoms with Crippen LogP contribution in [0.4, 0.5) is 9.18 Å². The average Bonchev–Trinajstić information content (AvgIpc) is 3.12. The van der Waals surface area contributed by atoms with Gasteiger partial charge in [0.1, 0.15) is 5.82 Å². The van der Waals surface area contributed by atoms with Gasteiger partial charge in [-0.25, -0.2) is 9.18 Å². The van der Waals surface area contributed by atoms with Gasteiger partial charge in [0, 0.05) is 39.6 Å². The third-order valence-corrected chi connectivity index (χ3v) is 4.74. The van der Waals surface area contributed by atoms with Gasteiger partial charge in [-0.15, -0.1) is 0 Å². The van der Waals surface area contributed by atoms with Crippen molar-refractivity contribution in [3.05, 3.63) is 47.4 Å². The maximum Gasteiger partial charge on any atom is 0.320 e. The molecule has 0 saturated carbocycles. The SMILES string of the molecule is CN1CC2CN(Cc3nc(Cc4cccc(F)c4)no3)CCN2C1=O. The average molecular weight is 345 g/mol. The van der Waals surface area contributed by atoms with Crippen LogP contribution in [0.15, 0.2) is 28.8 Å². The molecule has 1 aromatic carbocycles. The second-order valence-electron chi connectivity index (χ2n) is 6.66. The van der Waals surface area contributed by atoms with Crippen LogP contribution in [0.1, 0.15) is 17.3 Å². The van der Waals surface area contributed by atoms with E-state index in [0.717, 1.165) is 31.7 Å². The molecule has 7 nitrogen and oxygen atoms in total. The third-order valence-electron chi connectivity index (χ3n) is 4.74. The Morgan fingerprint density at radius 1 is 1.32 bits per heavy atom. The van der Waals surface area contributed by atoms with Gasteiger partial charge in [0.15, 0.2) is 5.82 Å². The van der Waals surface area contributed by atoms with Crippen molar-refractivity contribution in [1.82, 2.24) is 24.8 Å². The van der Waals surface area contributed by atoms with Gasteiger partial charge < -0.3 is 14.3 Å². The zero-order valence-corrected chi connectivity index (χ0v) is 14.1. The Kier molecular flexibility index (Phi) is 4.12. The molecular formula is C17H20FN5O2. The molecule has 0 N–H and O–H groups in total. The molecule has 2 aliphatic heterocycles. The van der Waals surface area contributed by atoms with Crippen molar-refractivity contribution >= 4 is 6.03 Å². The lowest BCUT2D eigenvalue weighted by Gasteiger charge is -2.35. The number of halogens is 1. The number of aromatic nitrogens is 2. The number of rotatable bonds is 4. The standard InChI is InChI=1S/C17H20FN5O2/c1-21-9-14-10-22(5-6-23(14)17(21)24)11-16-19-15(20-25-16)8-12-3-2-4-13(18)7-12/h2-4,7,14H,5-6,8-11H2,1H3. The second-order valence-corrected chi connectivity index (χ2v) is 6.66. The largest absolute Gasteiger partial charge is 0.338 e. The van der Waals surface area contributed by atoms with Crippen LogP contribution in [0.2, 0.25) is 0 Å². The Morgan fingerprint density at radius 3 is 3.04 bits per heavy atom. The second kappa shape index (κ2) is 6.44. The Balaban J connectivity index is 1.36. The van der Waals surface area contributed by atoms with Gasteiger partial charge in [-0.2, -0.15) is 4.98 Å². The van der Waals surface area contributed by atoms with Gasteiger partial charge in [-0.1, -0.05) is 17.3 Å². The first-order valence-electron chi connectivity index (χ1n) is 8.38. The van der Waals surface area contributed by atoms with Gasteiger partial charge in [0.25, 0.3) is 0 Å². The number of urea groups is 1. The van der Waals surface area contributed by atoms with Crippen LogP contribution >= 0.6 is 0 Å². The normalized spacial score (nSPS) is 21.0. The predicted octanol–water partition coefficient (Wildman–Crippen LogP) is 1.35. The van der Waals surface area contributed by atoms with E-state index >= 15 is 0 Å². The lowest BCUT2D eigenvalue weighted by atomic mass is 10.1. The number of hydrogen-bond acceptors (Lipinski definition) is 5. The predicted molar refractivity (Wildman–Crippen MR) is 87.3 cm³/mol. The van der Waals surface area contributed by atoms with E-state index < -0.39 is 0 Å². The minimum atomic E-state index is -0.268. The molecule has 0 aliphatic carbocycles. The van der Waals surface area contributed by atoms with Crippen LogP contribution in [0.3, 0.4) is 0 Å². The van der Waals surface area contributed by atoms with E-state index in [0.29, 0.717) is 24.7 Å². The van der Waals surface area contributed by atoms with Crippen molar-refractivity contribution in [2.75, 3.05) is 33.2 Å². The zero-order valence-electron chi connectivity index (χ0n) is 14.1. The van der Waals surface area contributed by atoms with Gasteiger partial charge in [0.05, 0.1) is 12.6 Å². The number of nitrogens with zero attached hydrogens (tertiary/aromatic N) is 5. The van der Waals surface area contributed by atoms with E-state index in [1.807, 2.05) is 18.0 Å². The maximum absolute atomic E-state index is 13.2. The molecular weight excluding hydrogens is 325 g/mol. The first kappa shape index (κ1) is 16.0. The van der Waals surface area contributed by atoms with Gasteiger partial charge >= 0.3 is 6.03 Å². The molecule has 0 radical (unpaired) electrons. The van der Waals surface area contributed by atoms with Gasteiger partial charge in [0.2, 0.25) is 5.89 Å². The molecule has 1 unspecified atom stereocenters. The Hall–Kier alpha value is -2.48. The van der Waals surface area contributed by atoms with Crippen LogP contribution in [-0.4, -0.2) is 70.1 Å². The summed E-state index contributed by atoms with van der Waals surface area (Å²) in [5.41, 5.74) is 0.813. The van der Waals surface area contributed by atoms with Crippen molar-refractivity contribution in [2.24, 2.45) is 0 Å². The van der Waals surface area contributed by atoms with Crippen molar-refractivity contribution in [2.45, 2.75) is 19.0 Å². The van der Waals surface area contributed by atoms with Crippen LogP contribution in [0.25, 0.3) is 0 Å². The molecule has 25 heavy (non-hydrogen) atoms. The number of fused-ring (bicyclic) bond motifs is 1. The van der Waals surface area contributed by atoms with E-state index in [1.165, 1.54) is 12.1 Å². The lowest BCUT2D eigenvalue weighted by Crippen LogP contribution is -2.51. The van der Waals surface area contributed by atoms with Crippen LogP contribution in [-0.2, 0) is 13.0 Å². The van der Waals surface area contributed by atoms with E-state index in [1.54, 1.807) is 11.0 Å². The van der Waals surface area contributed by atoms with Gasteiger partial charge in [-0.05, 0) is 17.7 Å². The van der Waals surface area contributed by atoms with E-state index in [4.69, 9.17) is 4.52 Å². The highest BCUT2D eigenvalue weighted by Crippen LogP contribution is 2.20. The number of carbonyl (C=O) groups is 1. The van der Waals surface area contributed by atoms with Crippen molar-refractivity contribution in [3.8, 4) is 0 Å². The molecule has 3 heterocycles. The first-order chi connectivity index (χ1) is 12.1. The fourth-order valence-electron chi connectivity index (χ4n) is 3.53. The molecule has 0 spiro atoms. The summed E-state index contributed by atoms with van der Waals surface area (Å²) in [6.45, 7) is 3.63. The molecule has 2 saturated heterocycles. The molecule has 2 amide bonds. The fourth-order valence-corrected chi connectivity index (χ4v) is 3.53. The molecule has 1 atom stereocenters. The summed E-state index contributed by atoms with van der Waals surface area (Å²) >= 11 is 0. The highest BCUT2D eigenvalue weighted by Gasteiger charge is 2.39.